The van der Waals surface area contributed by atoms with Crippen molar-refractivity contribution in [2.24, 2.45) is 0 Å². The topological polar surface area (TPSA) is 43.9 Å². The normalized spacial score (nSPS) is 22.3. The Morgan fingerprint density at radius 3 is 2.19 bits per heavy atom. The first-order chi connectivity index (χ1) is 13.0. The Bertz CT molecular complexity index is 860. The molecule has 2 fully saturated rings. The third kappa shape index (κ3) is 3.88. The van der Waals surface area contributed by atoms with Gasteiger partial charge in [-0.1, -0.05) is 35.9 Å². The van der Waals surface area contributed by atoms with Crippen LogP contribution >= 0.6 is 0 Å². The minimum Gasteiger partial charge on any atom is -0.370 e. The van der Waals surface area contributed by atoms with Crippen molar-refractivity contribution in [2.75, 3.05) is 44.2 Å². The molecule has 0 aromatic heterocycles. The third-order valence-electron chi connectivity index (χ3n) is 5.73. The maximum Gasteiger partial charge on any atom is 0.243 e. The van der Waals surface area contributed by atoms with E-state index in [0.29, 0.717) is 24.0 Å². The van der Waals surface area contributed by atoms with Gasteiger partial charge in [0.15, 0.2) is 0 Å². The zero-order valence-electron chi connectivity index (χ0n) is 15.8. The van der Waals surface area contributed by atoms with Crippen molar-refractivity contribution in [2.45, 2.75) is 24.3 Å². The molecule has 2 aromatic rings. The monoisotopic (exact) mass is 385 g/mol. The van der Waals surface area contributed by atoms with Gasteiger partial charge in [-0.05, 0) is 37.6 Å². The van der Waals surface area contributed by atoms with Gasteiger partial charge in [-0.25, -0.2) is 8.42 Å². The summed E-state index contributed by atoms with van der Waals surface area (Å²) in [6, 6.07) is 18.2. The third-order valence-corrected chi connectivity index (χ3v) is 7.65. The van der Waals surface area contributed by atoms with Gasteiger partial charge in [0.25, 0.3) is 0 Å². The van der Waals surface area contributed by atoms with Gasteiger partial charge in [-0.3, -0.25) is 4.90 Å². The van der Waals surface area contributed by atoms with Gasteiger partial charge < -0.3 is 4.90 Å². The predicted octanol–water partition coefficient (Wildman–Crippen LogP) is 2.58. The SMILES string of the molecule is Cc1ccc(S(=O)(=O)N2CCN([C@H]3CCN(c4ccccc4)C3)CC2)cc1. The Morgan fingerprint density at radius 1 is 0.852 bits per heavy atom. The van der Waals surface area contributed by atoms with E-state index in [9.17, 15) is 8.42 Å². The quantitative estimate of drug-likeness (QED) is 0.811. The molecule has 2 heterocycles. The Kier molecular flexibility index (Phi) is 5.21. The second-order valence-electron chi connectivity index (χ2n) is 7.48. The molecule has 5 nitrogen and oxygen atoms in total. The number of hydrogen-bond acceptors (Lipinski definition) is 4. The molecule has 0 amide bonds. The van der Waals surface area contributed by atoms with Crippen molar-refractivity contribution in [1.82, 2.24) is 9.21 Å². The van der Waals surface area contributed by atoms with Crippen LogP contribution in [0.25, 0.3) is 0 Å². The second-order valence-corrected chi connectivity index (χ2v) is 9.42. The van der Waals surface area contributed by atoms with Gasteiger partial charge in [-0.15, -0.1) is 0 Å². The predicted molar refractivity (Wildman–Crippen MR) is 109 cm³/mol. The first-order valence-electron chi connectivity index (χ1n) is 9.65. The second kappa shape index (κ2) is 7.62. The minimum atomic E-state index is -3.38. The van der Waals surface area contributed by atoms with Crippen molar-refractivity contribution in [3.63, 3.8) is 0 Å². The van der Waals surface area contributed by atoms with Crippen LogP contribution in [0.1, 0.15) is 12.0 Å². The highest BCUT2D eigenvalue weighted by Gasteiger charge is 2.33. The van der Waals surface area contributed by atoms with Gasteiger partial charge in [0.05, 0.1) is 4.90 Å². The number of aryl methyl sites for hydroxylation is 1. The summed E-state index contributed by atoms with van der Waals surface area (Å²) in [5, 5.41) is 0. The molecule has 4 rings (SSSR count). The highest BCUT2D eigenvalue weighted by Crippen LogP contribution is 2.25. The summed E-state index contributed by atoms with van der Waals surface area (Å²) in [6.07, 6.45) is 1.14. The molecule has 0 bridgehead atoms. The lowest BCUT2D eigenvalue weighted by Crippen LogP contribution is -2.52. The number of piperazine rings is 1. The van der Waals surface area contributed by atoms with Crippen LogP contribution < -0.4 is 4.90 Å². The van der Waals surface area contributed by atoms with E-state index in [0.717, 1.165) is 38.2 Å². The Morgan fingerprint density at radius 2 is 1.52 bits per heavy atom. The maximum atomic E-state index is 12.9. The molecule has 2 aliphatic rings. The average molecular weight is 386 g/mol. The number of hydrogen-bond donors (Lipinski definition) is 0. The van der Waals surface area contributed by atoms with E-state index in [2.05, 4.69) is 34.1 Å². The number of sulfonamides is 1. The van der Waals surface area contributed by atoms with E-state index in [1.165, 1.54) is 5.69 Å². The minimum absolute atomic E-state index is 0.401. The van der Waals surface area contributed by atoms with E-state index in [1.807, 2.05) is 25.1 Å². The van der Waals surface area contributed by atoms with Gasteiger partial charge in [0.2, 0.25) is 10.0 Å². The van der Waals surface area contributed by atoms with Gasteiger partial charge in [-0.2, -0.15) is 4.31 Å². The van der Waals surface area contributed by atoms with E-state index >= 15 is 0 Å². The molecule has 144 valence electrons. The maximum absolute atomic E-state index is 12.9. The summed E-state index contributed by atoms with van der Waals surface area (Å²) < 4.78 is 27.4. The molecule has 0 aliphatic carbocycles. The molecular formula is C21H27N3O2S. The van der Waals surface area contributed by atoms with Gasteiger partial charge in [0, 0.05) is 51.0 Å². The van der Waals surface area contributed by atoms with E-state index in [4.69, 9.17) is 0 Å². The highest BCUT2D eigenvalue weighted by atomic mass is 32.2. The number of nitrogens with zero attached hydrogens (tertiary/aromatic N) is 3. The lowest BCUT2D eigenvalue weighted by Gasteiger charge is -2.37. The first-order valence-corrected chi connectivity index (χ1v) is 11.1. The Balaban J connectivity index is 1.36. The van der Waals surface area contributed by atoms with Crippen LogP contribution in [0.15, 0.2) is 59.5 Å². The first kappa shape index (κ1) is 18.5. The summed E-state index contributed by atoms with van der Waals surface area (Å²) in [6.45, 7) is 6.80. The van der Waals surface area contributed by atoms with Crippen LogP contribution in [0, 0.1) is 6.92 Å². The molecule has 0 saturated carbocycles. The zero-order valence-corrected chi connectivity index (χ0v) is 16.6. The molecule has 2 aliphatic heterocycles. The fourth-order valence-electron chi connectivity index (χ4n) is 4.08. The van der Waals surface area contributed by atoms with Crippen LogP contribution in [-0.4, -0.2) is 62.9 Å². The average Bonchev–Trinajstić information content (AvgIpc) is 3.19. The van der Waals surface area contributed by atoms with E-state index < -0.39 is 10.0 Å². The summed E-state index contributed by atoms with van der Waals surface area (Å²) in [5.41, 5.74) is 2.35. The smallest absolute Gasteiger partial charge is 0.243 e. The lowest BCUT2D eigenvalue weighted by molar-refractivity contribution is 0.146. The van der Waals surface area contributed by atoms with Crippen LogP contribution in [0.4, 0.5) is 5.69 Å². The molecular weight excluding hydrogens is 358 g/mol. The molecule has 2 aromatic carbocycles. The number of benzene rings is 2. The largest absolute Gasteiger partial charge is 0.370 e. The van der Waals surface area contributed by atoms with E-state index in [-0.39, 0.29) is 0 Å². The van der Waals surface area contributed by atoms with Gasteiger partial charge >= 0.3 is 0 Å². The number of rotatable bonds is 4. The van der Waals surface area contributed by atoms with Crippen molar-refractivity contribution < 1.29 is 8.42 Å². The molecule has 6 heteroatoms. The van der Waals surface area contributed by atoms with Crippen molar-refractivity contribution in [1.29, 1.82) is 0 Å². The van der Waals surface area contributed by atoms with Crippen LogP contribution in [0.5, 0.6) is 0 Å². The summed E-state index contributed by atoms with van der Waals surface area (Å²) in [5.74, 6) is 0. The molecule has 0 radical (unpaired) electrons. The van der Waals surface area contributed by atoms with Crippen molar-refractivity contribution >= 4 is 15.7 Å². The van der Waals surface area contributed by atoms with E-state index in [1.54, 1.807) is 16.4 Å². The molecule has 0 unspecified atom stereocenters. The summed E-state index contributed by atoms with van der Waals surface area (Å²) >= 11 is 0. The molecule has 1 atom stereocenters. The molecule has 0 spiro atoms. The lowest BCUT2D eigenvalue weighted by atomic mass is 10.2. The molecule has 0 N–H and O–H groups in total. The summed E-state index contributed by atoms with van der Waals surface area (Å²) in [4.78, 5) is 5.29. The number of anilines is 1. The molecule has 2 saturated heterocycles. The van der Waals surface area contributed by atoms with Crippen LogP contribution in [0.3, 0.4) is 0 Å². The van der Waals surface area contributed by atoms with Crippen molar-refractivity contribution in [3.8, 4) is 0 Å². The Hall–Kier alpha value is -1.89. The van der Waals surface area contributed by atoms with Gasteiger partial charge in [0.1, 0.15) is 0 Å². The standard InChI is InChI=1S/C21H27N3O2S/c1-18-7-9-21(10-8-18)27(25,26)24-15-13-22(14-16-24)20-11-12-23(17-20)19-5-3-2-4-6-19/h2-10,20H,11-17H2,1H3/t20-/m0/s1. The summed E-state index contributed by atoms with van der Waals surface area (Å²) in [7, 11) is -3.38. The fraction of sp³-hybridized carbons (Fsp3) is 0.429. The Labute approximate surface area is 162 Å². The van der Waals surface area contributed by atoms with Crippen LogP contribution in [-0.2, 0) is 10.0 Å². The van der Waals surface area contributed by atoms with Crippen molar-refractivity contribution in [3.05, 3.63) is 60.2 Å². The fourth-order valence-corrected chi connectivity index (χ4v) is 5.50. The van der Waals surface area contributed by atoms with Crippen LogP contribution in [0.2, 0.25) is 0 Å². The zero-order chi connectivity index (χ0) is 18.9. The highest BCUT2D eigenvalue weighted by molar-refractivity contribution is 7.89. The number of para-hydroxylation sites is 1. The molecule has 27 heavy (non-hydrogen) atoms.